The van der Waals surface area contributed by atoms with Crippen molar-refractivity contribution in [3.8, 4) is 0 Å². The molecule has 2 aromatic rings. The first-order chi connectivity index (χ1) is 11.5. The Kier molecular flexibility index (Phi) is 4.73. The van der Waals surface area contributed by atoms with Crippen molar-refractivity contribution in [3.63, 3.8) is 0 Å². The molecule has 0 atom stereocenters. The van der Waals surface area contributed by atoms with Gasteiger partial charge < -0.3 is 5.32 Å². The van der Waals surface area contributed by atoms with Crippen LogP contribution in [0.4, 0.5) is 5.69 Å². The maximum absolute atomic E-state index is 12.2. The van der Waals surface area contributed by atoms with Gasteiger partial charge in [-0.1, -0.05) is 36.1 Å². The van der Waals surface area contributed by atoms with Gasteiger partial charge in [0.05, 0.1) is 16.8 Å². The quantitative estimate of drug-likeness (QED) is 0.677. The van der Waals surface area contributed by atoms with E-state index in [9.17, 15) is 9.59 Å². The van der Waals surface area contributed by atoms with E-state index in [1.807, 2.05) is 0 Å². The maximum atomic E-state index is 12.2. The van der Waals surface area contributed by atoms with E-state index >= 15 is 0 Å². The average Bonchev–Trinajstić information content (AvgIpc) is 2.83. The number of anilines is 1. The third kappa shape index (κ3) is 3.52. The van der Waals surface area contributed by atoms with Crippen LogP contribution >= 0.6 is 24.0 Å². The van der Waals surface area contributed by atoms with Crippen LogP contribution in [0, 0.1) is 0 Å². The lowest BCUT2D eigenvalue weighted by atomic mass is 10.1. The predicted octanol–water partition coefficient (Wildman–Crippen LogP) is 3.16. The lowest BCUT2D eigenvalue weighted by Crippen LogP contribution is -2.22. The molecule has 1 fully saturated rings. The third-order valence-corrected chi connectivity index (χ3v) is 4.86. The van der Waals surface area contributed by atoms with Crippen molar-refractivity contribution < 1.29 is 9.59 Å². The van der Waals surface area contributed by atoms with Gasteiger partial charge in [0.15, 0.2) is 0 Å². The van der Waals surface area contributed by atoms with Gasteiger partial charge in [0.2, 0.25) is 0 Å². The Morgan fingerprint density at radius 3 is 2.62 bits per heavy atom. The molecule has 5 nitrogen and oxygen atoms in total. The highest BCUT2D eigenvalue weighted by Crippen LogP contribution is 2.31. The van der Waals surface area contributed by atoms with E-state index in [1.54, 1.807) is 61.9 Å². The molecular weight excluding hydrogens is 342 g/mol. The van der Waals surface area contributed by atoms with Crippen molar-refractivity contribution in [1.82, 2.24) is 9.88 Å². The zero-order valence-corrected chi connectivity index (χ0v) is 14.4. The number of nitrogens with zero attached hydrogens (tertiary/aromatic N) is 2. The first-order valence-electron chi connectivity index (χ1n) is 7.07. The lowest BCUT2D eigenvalue weighted by molar-refractivity contribution is -0.121. The minimum Gasteiger partial charge on any atom is -0.321 e. The van der Waals surface area contributed by atoms with E-state index in [-0.39, 0.29) is 11.8 Å². The molecule has 2 amide bonds. The fourth-order valence-electron chi connectivity index (χ4n) is 2.07. The largest absolute Gasteiger partial charge is 0.321 e. The number of nitrogens with one attached hydrogen (secondary N) is 1. The van der Waals surface area contributed by atoms with Gasteiger partial charge in [-0.25, -0.2) is 0 Å². The Hall–Kier alpha value is -2.51. The second-order valence-corrected chi connectivity index (χ2v) is 6.73. The SMILES string of the molecule is CN1C(=O)/C(=C\c2ccc(C(=O)Nc3cccnc3)cc2)SC1=S. The van der Waals surface area contributed by atoms with Gasteiger partial charge in [0, 0.05) is 18.8 Å². The summed E-state index contributed by atoms with van der Waals surface area (Å²) in [6, 6.07) is 10.5. The van der Waals surface area contributed by atoms with Gasteiger partial charge in [-0.15, -0.1) is 0 Å². The van der Waals surface area contributed by atoms with Crippen molar-refractivity contribution in [2.24, 2.45) is 0 Å². The fourth-order valence-corrected chi connectivity index (χ4v) is 3.25. The van der Waals surface area contributed by atoms with E-state index in [2.05, 4.69) is 10.3 Å². The molecule has 1 aliphatic heterocycles. The van der Waals surface area contributed by atoms with Crippen molar-refractivity contribution in [3.05, 3.63) is 64.8 Å². The summed E-state index contributed by atoms with van der Waals surface area (Å²) in [5, 5.41) is 2.77. The zero-order chi connectivity index (χ0) is 17.1. The summed E-state index contributed by atoms with van der Waals surface area (Å²) in [7, 11) is 1.66. The Labute approximate surface area is 148 Å². The van der Waals surface area contributed by atoms with Gasteiger partial charge >= 0.3 is 0 Å². The van der Waals surface area contributed by atoms with E-state index in [1.165, 1.54) is 16.7 Å². The molecule has 0 saturated carbocycles. The van der Waals surface area contributed by atoms with Crippen LogP contribution in [0.5, 0.6) is 0 Å². The van der Waals surface area contributed by atoms with Gasteiger partial charge in [0.1, 0.15) is 4.32 Å². The molecule has 1 N–H and O–H groups in total. The molecule has 1 aromatic heterocycles. The highest BCUT2D eigenvalue weighted by molar-refractivity contribution is 8.26. The number of likely N-dealkylation sites (N-methyl/N-ethyl adjacent to an activating group) is 1. The minimum atomic E-state index is -0.213. The van der Waals surface area contributed by atoms with Crippen LogP contribution in [-0.4, -0.2) is 33.1 Å². The zero-order valence-electron chi connectivity index (χ0n) is 12.7. The molecule has 0 unspecified atom stereocenters. The predicted molar refractivity (Wildman–Crippen MR) is 99.6 cm³/mol. The molecule has 0 aliphatic carbocycles. The summed E-state index contributed by atoms with van der Waals surface area (Å²) in [6.45, 7) is 0. The number of thiocarbonyl (C=S) groups is 1. The monoisotopic (exact) mass is 355 g/mol. The highest BCUT2D eigenvalue weighted by atomic mass is 32.2. The standard InChI is InChI=1S/C17H13N3O2S2/c1-20-16(22)14(24-17(20)23)9-11-4-6-12(7-5-11)15(21)19-13-3-2-8-18-10-13/h2-10H,1H3,(H,19,21)/b14-9+. The van der Waals surface area contributed by atoms with Crippen molar-refractivity contribution in [1.29, 1.82) is 0 Å². The van der Waals surface area contributed by atoms with Crippen LogP contribution in [0.3, 0.4) is 0 Å². The van der Waals surface area contributed by atoms with Gasteiger partial charge in [-0.2, -0.15) is 0 Å². The van der Waals surface area contributed by atoms with E-state index in [0.29, 0.717) is 20.5 Å². The number of carbonyl (C=O) groups is 2. The molecule has 2 heterocycles. The smallest absolute Gasteiger partial charge is 0.265 e. The Bertz CT molecular complexity index is 833. The van der Waals surface area contributed by atoms with Crippen molar-refractivity contribution in [2.45, 2.75) is 0 Å². The normalized spacial score (nSPS) is 15.9. The Morgan fingerprint density at radius 1 is 1.29 bits per heavy atom. The topological polar surface area (TPSA) is 62.3 Å². The molecule has 1 aliphatic rings. The number of hydrogen-bond donors (Lipinski definition) is 1. The van der Waals surface area contributed by atoms with Crippen LogP contribution < -0.4 is 5.32 Å². The summed E-state index contributed by atoms with van der Waals surface area (Å²) in [6.07, 6.45) is 4.99. The number of benzene rings is 1. The maximum Gasteiger partial charge on any atom is 0.265 e. The summed E-state index contributed by atoms with van der Waals surface area (Å²) < 4.78 is 0.540. The third-order valence-electron chi connectivity index (χ3n) is 3.38. The number of thioether (sulfide) groups is 1. The van der Waals surface area contributed by atoms with E-state index in [0.717, 1.165) is 5.56 Å². The van der Waals surface area contributed by atoms with E-state index in [4.69, 9.17) is 12.2 Å². The highest BCUT2D eigenvalue weighted by Gasteiger charge is 2.28. The molecule has 3 rings (SSSR count). The van der Waals surface area contributed by atoms with Crippen LogP contribution in [0.15, 0.2) is 53.7 Å². The number of aromatic nitrogens is 1. The molecular formula is C17H13N3O2S2. The lowest BCUT2D eigenvalue weighted by Gasteiger charge is -2.05. The number of rotatable bonds is 3. The van der Waals surface area contributed by atoms with E-state index < -0.39 is 0 Å². The number of hydrogen-bond acceptors (Lipinski definition) is 5. The molecule has 1 aromatic carbocycles. The molecule has 0 spiro atoms. The number of carbonyl (C=O) groups excluding carboxylic acids is 2. The van der Waals surface area contributed by atoms with Crippen LogP contribution in [-0.2, 0) is 4.79 Å². The summed E-state index contributed by atoms with van der Waals surface area (Å²) in [4.78, 5) is 30.1. The molecule has 0 bridgehead atoms. The van der Waals surface area contributed by atoms with Crippen LogP contribution in [0.2, 0.25) is 0 Å². The molecule has 0 radical (unpaired) electrons. The molecule has 1 saturated heterocycles. The summed E-state index contributed by atoms with van der Waals surface area (Å²) in [5.74, 6) is -0.321. The number of pyridine rings is 1. The molecule has 7 heteroatoms. The van der Waals surface area contributed by atoms with Crippen molar-refractivity contribution in [2.75, 3.05) is 12.4 Å². The van der Waals surface area contributed by atoms with Gasteiger partial charge in [-0.3, -0.25) is 19.5 Å². The van der Waals surface area contributed by atoms with Gasteiger partial charge in [0.25, 0.3) is 11.8 Å². The van der Waals surface area contributed by atoms with Crippen molar-refractivity contribution >= 4 is 51.9 Å². The minimum absolute atomic E-state index is 0.108. The molecule has 24 heavy (non-hydrogen) atoms. The Morgan fingerprint density at radius 2 is 2.04 bits per heavy atom. The van der Waals surface area contributed by atoms with Gasteiger partial charge in [-0.05, 0) is 35.9 Å². The van der Waals surface area contributed by atoms with Crippen LogP contribution in [0.1, 0.15) is 15.9 Å². The first kappa shape index (κ1) is 16.4. The summed E-state index contributed by atoms with van der Waals surface area (Å²) >= 11 is 6.37. The average molecular weight is 355 g/mol. The first-order valence-corrected chi connectivity index (χ1v) is 8.30. The number of amides is 2. The Balaban J connectivity index is 1.73. The van der Waals surface area contributed by atoms with Crippen LogP contribution in [0.25, 0.3) is 6.08 Å². The second kappa shape index (κ2) is 6.94. The fraction of sp³-hybridized carbons (Fsp3) is 0.0588. The molecule has 120 valence electrons. The summed E-state index contributed by atoms with van der Waals surface area (Å²) in [5.41, 5.74) is 2.00. The second-order valence-electron chi connectivity index (χ2n) is 5.06.